The summed E-state index contributed by atoms with van der Waals surface area (Å²) in [5, 5.41) is 20.3. The first-order valence-corrected chi connectivity index (χ1v) is 9.81. The molecule has 146 valence electrons. The van der Waals surface area contributed by atoms with Gasteiger partial charge in [0.05, 0.1) is 16.2 Å². The van der Waals surface area contributed by atoms with E-state index in [2.05, 4.69) is 15.2 Å². The number of fused-ring (bicyclic) bond motifs is 3. The van der Waals surface area contributed by atoms with Crippen molar-refractivity contribution in [2.24, 2.45) is 0 Å². The molecule has 0 saturated carbocycles. The number of para-hydroxylation sites is 2. The van der Waals surface area contributed by atoms with Crippen molar-refractivity contribution < 1.29 is 14.5 Å². The highest BCUT2D eigenvalue weighted by Gasteiger charge is 2.37. The molecule has 10 heteroatoms. The highest BCUT2D eigenvalue weighted by Crippen LogP contribution is 2.44. The van der Waals surface area contributed by atoms with Gasteiger partial charge in [0, 0.05) is 18.6 Å². The molecule has 0 bridgehead atoms. The lowest BCUT2D eigenvalue weighted by Crippen LogP contribution is -2.36. The van der Waals surface area contributed by atoms with E-state index in [0.29, 0.717) is 22.1 Å². The van der Waals surface area contributed by atoms with Gasteiger partial charge in [0.2, 0.25) is 23.2 Å². The second kappa shape index (κ2) is 7.47. The van der Waals surface area contributed by atoms with Gasteiger partial charge in [0.25, 0.3) is 5.69 Å². The molecule has 9 nitrogen and oxygen atoms in total. The zero-order chi connectivity index (χ0) is 20.5. The number of aromatic nitrogens is 3. The zero-order valence-corrected chi connectivity index (χ0v) is 16.3. The van der Waals surface area contributed by atoms with Crippen LogP contribution < -0.4 is 9.64 Å². The summed E-state index contributed by atoms with van der Waals surface area (Å²) < 4.78 is 6.11. The van der Waals surface area contributed by atoms with Crippen LogP contribution >= 0.6 is 11.8 Å². The topological polar surface area (TPSA) is 111 Å². The third-order valence-corrected chi connectivity index (χ3v) is 4.97. The summed E-state index contributed by atoms with van der Waals surface area (Å²) in [6.45, 7) is 1.38. The molecule has 29 heavy (non-hydrogen) atoms. The van der Waals surface area contributed by atoms with E-state index in [9.17, 15) is 14.9 Å². The maximum absolute atomic E-state index is 12.7. The van der Waals surface area contributed by atoms with E-state index >= 15 is 0 Å². The van der Waals surface area contributed by atoms with Crippen LogP contribution in [0.25, 0.3) is 11.3 Å². The number of thioether (sulfide) groups is 1. The minimum Gasteiger partial charge on any atom is -0.447 e. The Balaban J connectivity index is 2.01. The van der Waals surface area contributed by atoms with Gasteiger partial charge < -0.3 is 4.74 Å². The lowest BCUT2D eigenvalue weighted by Gasteiger charge is -2.29. The van der Waals surface area contributed by atoms with Crippen molar-refractivity contribution in [3.8, 4) is 17.1 Å². The van der Waals surface area contributed by atoms with E-state index in [0.717, 1.165) is 0 Å². The molecule has 3 aromatic rings. The Bertz CT molecular complexity index is 1120. The smallest absolute Gasteiger partial charge is 0.278 e. The number of carbonyl (C=O) groups is 1. The first-order chi connectivity index (χ1) is 14.0. The van der Waals surface area contributed by atoms with Gasteiger partial charge in [-0.25, -0.2) is 0 Å². The molecular formula is C19H15N5O4S. The molecule has 0 saturated heterocycles. The number of hydrogen-bond donors (Lipinski definition) is 0. The van der Waals surface area contributed by atoms with Gasteiger partial charge in [-0.05, 0) is 18.4 Å². The highest BCUT2D eigenvalue weighted by molar-refractivity contribution is 7.98. The van der Waals surface area contributed by atoms with Gasteiger partial charge in [-0.2, -0.15) is 4.98 Å². The van der Waals surface area contributed by atoms with E-state index in [-0.39, 0.29) is 23.0 Å². The van der Waals surface area contributed by atoms with Crippen LogP contribution in [0.15, 0.2) is 53.7 Å². The number of nitro groups is 1. The molecule has 1 aromatic heterocycles. The SMILES string of the molecule is CSc1nnc2c(n1)OC(c1ccccc1[N+](=O)[O-])N(C(C)=O)c1ccccc1-2. The Hall–Kier alpha value is -3.53. The Kier molecular flexibility index (Phi) is 4.85. The summed E-state index contributed by atoms with van der Waals surface area (Å²) in [7, 11) is 0. The lowest BCUT2D eigenvalue weighted by atomic mass is 10.1. The third kappa shape index (κ3) is 3.27. The number of anilines is 1. The molecule has 0 radical (unpaired) electrons. The zero-order valence-electron chi connectivity index (χ0n) is 15.5. The minimum absolute atomic E-state index is 0.156. The van der Waals surface area contributed by atoms with Crippen LogP contribution in [-0.4, -0.2) is 32.3 Å². The average molecular weight is 409 g/mol. The van der Waals surface area contributed by atoms with Gasteiger partial charge in [0.1, 0.15) is 0 Å². The van der Waals surface area contributed by atoms with Gasteiger partial charge in [-0.15, -0.1) is 10.2 Å². The maximum atomic E-state index is 12.7. The van der Waals surface area contributed by atoms with E-state index in [1.165, 1.54) is 29.7 Å². The van der Waals surface area contributed by atoms with Crippen LogP contribution in [0.1, 0.15) is 18.7 Å². The Labute approximate surface area is 169 Å². The lowest BCUT2D eigenvalue weighted by molar-refractivity contribution is -0.386. The van der Waals surface area contributed by atoms with Crippen LogP contribution in [0.2, 0.25) is 0 Å². The summed E-state index contributed by atoms with van der Waals surface area (Å²) in [5.74, 6) is -0.185. The Morgan fingerprint density at radius 3 is 2.62 bits per heavy atom. The number of nitrogens with zero attached hydrogens (tertiary/aromatic N) is 5. The van der Waals surface area contributed by atoms with E-state index in [1.54, 1.807) is 48.7 Å². The predicted octanol–water partition coefficient (Wildman–Crippen LogP) is 3.61. The molecule has 1 aliphatic heterocycles. The number of hydrogen-bond acceptors (Lipinski definition) is 8. The molecule has 0 N–H and O–H groups in total. The van der Waals surface area contributed by atoms with Gasteiger partial charge >= 0.3 is 0 Å². The normalized spacial score (nSPS) is 15.0. The number of rotatable bonds is 3. The second-order valence-electron chi connectivity index (χ2n) is 6.14. The molecular weight excluding hydrogens is 394 g/mol. The molecule has 1 atom stereocenters. The van der Waals surface area contributed by atoms with Gasteiger partial charge in [-0.1, -0.05) is 42.1 Å². The average Bonchev–Trinajstić information content (AvgIpc) is 2.87. The first kappa shape index (κ1) is 18.8. The van der Waals surface area contributed by atoms with Gasteiger partial charge in [-0.3, -0.25) is 19.8 Å². The standard InChI is InChI=1S/C19H15N5O4S/c1-11(25)23-14-9-5-3-7-12(14)16-17(20-19(29-2)22-21-16)28-18(23)13-8-4-6-10-15(13)24(26)27/h3-10,18H,1-2H3. The summed E-state index contributed by atoms with van der Waals surface area (Å²) in [5.41, 5.74) is 1.56. The van der Waals surface area contributed by atoms with E-state index < -0.39 is 11.2 Å². The van der Waals surface area contributed by atoms with Crippen LogP contribution in [0, 0.1) is 10.1 Å². The quantitative estimate of drug-likeness (QED) is 0.366. The second-order valence-corrected chi connectivity index (χ2v) is 6.92. The van der Waals surface area contributed by atoms with Gasteiger partial charge in [0.15, 0.2) is 5.69 Å². The van der Waals surface area contributed by atoms with Crippen LogP contribution in [0.3, 0.4) is 0 Å². The van der Waals surface area contributed by atoms with Crippen molar-refractivity contribution in [3.05, 3.63) is 64.2 Å². The number of carbonyl (C=O) groups excluding carboxylic acids is 1. The van der Waals surface area contributed by atoms with Crippen molar-refractivity contribution in [2.75, 3.05) is 11.2 Å². The molecule has 0 spiro atoms. The molecule has 2 aromatic carbocycles. The number of ether oxygens (including phenoxy) is 1. The summed E-state index contributed by atoms with van der Waals surface area (Å²) in [6, 6.07) is 13.3. The van der Waals surface area contributed by atoms with Crippen molar-refractivity contribution in [2.45, 2.75) is 18.3 Å². The molecule has 1 aliphatic rings. The van der Waals surface area contributed by atoms with Crippen LogP contribution in [0.4, 0.5) is 11.4 Å². The van der Waals surface area contributed by atoms with E-state index in [1.807, 2.05) is 0 Å². The molecule has 1 unspecified atom stereocenters. The molecule has 1 amide bonds. The molecule has 0 aliphatic carbocycles. The monoisotopic (exact) mass is 409 g/mol. The Morgan fingerprint density at radius 2 is 1.90 bits per heavy atom. The number of amides is 1. The fourth-order valence-corrected chi connectivity index (χ4v) is 3.50. The summed E-state index contributed by atoms with van der Waals surface area (Å²) >= 11 is 1.29. The summed E-state index contributed by atoms with van der Waals surface area (Å²) in [4.78, 5) is 29.6. The van der Waals surface area contributed by atoms with Crippen molar-refractivity contribution in [1.29, 1.82) is 0 Å². The predicted molar refractivity (Wildman–Crippen MR) is 107 cm³/mol. The van der Waals surface area contributed by atoms with E-state index in [4.69, 9.17) is 4.74 Å². The molecule has 2 heterocycles. The van der Waals surface area contributed by atoms with Crippen molar-refractivity contribution in [3.63, 3.8) is 0 Å². The minimum atomic E-state index is -1.09. The largest absolute Gasteiger partial charge is 0.447 e. The number of nitro benzene ring substituents is 1. The molecule has 4 rings (SSSR count). The van der Waals surface area contributed by atoms with Crippen molar-refractivity contribution in [1.82, 2.24) is 15.2 Å². The van der Waals surface area contributed by atoms with Crippen molar-refractivity contribution >= 4 is 29.0 Å². The highest BCUT2D eigenvalue weighted by atomic mass is 32.2. The maximum Gasteiger partial charge on any atom is 0.278 e. The molecule has 0 fully saturated rings. The fourth-order valence-electron chi connectivity index (χ4n) is 3.20. The Morgan fingerprint density at radius 1 is 1.17 bits per heavy atom. The van der Waals surface area contributed by atoms with Crippen LogP contribution in [-0.2, 0) is 4.79 Å². The third-order valence-electron chi connectivity index (χ3n) is 4.43. The first-order valence-electron chi connectivity index (χ1n) is 8.59. The summed E-state index contributed by atoms with van der Waals surface area (Å²) in [6.07, 6.45) is 0.707. The fraction of sp³-hybridized carbons (Fsp3) is 0.158. The number of benzene rings is 2. The van der Waals surface area contributed by atoms with Crippen LogP contribution in [0.5, 0.6) is 5.88 Å².